The van der Waals surface area contributed by atoms with Crippen LogP contribution >= 0.6 is 0 Å². The van der Waals surface area contributed by atoms with Crippen molar-refractivity contribution in [2.45, 2.75) is 0 Å². The molecule has 88 valence electrons. The third-order valence-electron chi connectivity index (χ3n) is 2.47. The number of methoxy groups -OCH3 is 2. The molecular formula is C12H11NO4. The summed E-state index contributed by atoms with van der Waals surface area (Å²) < 4.78 is 9.71. The molecule has 1 N–H and O–H groups in total. The van der Waals surface area contributed by atoms with Gasteiger partial charge in [0.25, 0.3) is 5.56 Å². The minimum absolute atomic E-state index is 0.117. The summed E-state index contributed by atoms with van der Waals surface area (Å²) in [5.74, 6) is -0.481. The van der Waals surface area contributed by atoms with E-state index in [9.17, 15) is 9.59 Å². The first-order valence-electron chi connectivity index (χ1n) is 4.96. The van der Waals surface area contributed by atoms with Crippen molar-refractivity contribution in [2.75, 3.05) is 14.2 Å². The number of carbonyl (C=O) groups is 1. The highest BCUT2D eigenvalue weighted by Gasteiger charge is 2.20. The standard InChI is InChI=1S/C12H11NO4/c1-16-10-7-5-3-4-6-8(7)13-11(14)9(10)12(15)17-2/h3-6H,1-2H3,(H,13,14). The van der Waals surface area contributed by atoms with Gasteiger partial charge >= 0.3 is 5.97 Å². The number of esters is 1. The molecule has 0 saturated carbocycles. The second-order valence-electron chi connectivity index (χ2n) is 3.40. The van der Waals surface area contributed by atoms with E-state index in [0.717, 1.165) is 0 Å². The molecule has 0 spiro atoms. The van der Waals surface area contributed by atoms with Gasteiger partial charge in [0.1, 0.15) is 5.75 Å². The van der Waals surface area contributed by atoms with Gasteiger partial charge in [-0.2, -0.15) is 0 Å². The van der Waals surface area contributed by atoms with Crippen LogP contribution < -0.4 is 10.3 Å². The molecule has 0 aliphatic heterocycles. The Hall–Kier alpha value is -2.30. The van der Waals surface area contributed by atoms with Crippen molar-refractivity contribution < 1.29 is 14.3 Å². The molecule has 1 aromatic heterocycles. The van der Waals surface area contributed by atoms with E-state index in [1.54, 1.807) is 24.3 Å². The molecule has 17 heavy (non-hydrogen) atoms. The number of aromatic nitrogens is 1. The van der Waals surface area contributed by atoms with Crippen LogP contribution in [-0.4, -0.2) is 25.2 Å². The van der Waals surface area contributed by atoms with Crippen LogP contribution in [-0.2, 0) is 4.74 Å². The molecule has 1 heterocycles. The Bertz CT molecular complexity index is 630. The van der Waals surface area contributed by atoms with Gasteiger partial charge in [0.2, 0.25) is 0 Å². The summed E-state index contributed by atoms with van der Waals surface area (Å²) in [6, 6.07) is 7.08. The van der Waals surface area contributed by atoms with Gasteiger partial charge in [-0.3, -0.25) is 4.79 Å². The first-order chi connectivity index (χ1) is 8.19. The largest absolute Gasteiger partial charge is 0.495 e. The van der Waals surface area contributed by atoms with Gasteiger partial charge in [-0.15, -0.1) is 0 Å². The SMILES string of the molecule is COC(=O)c1c(OC)c2ccccc2[nH]c1=O. The first-order valence-corrected chi connectivity index (χ1v) is 4.96. The van der Waals surface area contributed by atoms with Gasteiger partial charge in [0.15, 0.2) is 5.56 Å². The molecule has 1 aromatic carbocycles. The molecular weight excluding hydrogens is 222 g/mol. The van der Waals surface area contributed by atoms with Crippen molar-refractivity contribution in [1.29, 1.82) is 0 Å². The summed E-state index contributed by atoms with van der Waals surface area (Å²) in [5.41, 5.74) is -0.0249. The number of H-pyrrole nitrogens is 1. The van der Waals surface area contributed by atoms with E-state index >= 15 is 0 Å². The van der Waals surface area contributed by atoms with Crippen molar-refractivity contribution >= 4 is 16.9 Å². The van der Waals surface area contributed by atoms with Crippen molar-refractivity contribution in [1.82, 2.24) is 4.98 Å². The van der Waals surface area contributed by atoms with Crippen LogP contribution in [0.1, 0.15) is 10.4 Å². The zero-order valence-corrected chi connectivity index (χ0v) is 9.44. The van der Waals surface area contributed by atoms with E-state index in [-0.39, 0.29) is 11.3 Å². The maximum Gasteiger partial charge on any atom is 0.347 e. The van der Waals surface area contributed by atoms with Crippen molar-refractivity contribution in [3.63, 3.8) is 0 Å². The summed E-state index contributed by atoms with van der Waals surface area (Å²) >= 11 is 0. The lowest BCUT2D eigenvalue weighted by molar-refractivity contribution is 0.0595. The fraction of sp³-hybridized carbons (Fsp3) is 0.167. The van der Waals surface area contributed by atoms with Gasteiger partial charge in [0.05, 0.1) is 19.7 Å². The number of rotatable bonds is 2. The average Bonchev–Trinajstić information content (AvgIpc) is 2.36. The minimum Gasteiger partial charge on any atom is -0.495 e. The number of pyridine rings is 1. The van der Waals surface area contributed by atoms with Gasteiger partial charge in [-0.1, -0.05) is 12.1 Å². The normalized spacial score (nSPS) is 10.2. The van der Waals surface area contributed by atoms with E-state index in [0.29, 0.717) is 10.9 Å². The summed E-state index contributed by atoms with van der Waals surface area (Å²) in [7, 11) is 2.63. The fourth-order valence-electron chi connectivity index (χ4n) is 1.71. The highest BCUT2D eigenvalue weighted by Crippen LogP contribution is 2.25. The number of fused-ring (bicyclic) bond motifs is 1. The van der Waals surface area contributed by atoms with E-state index in [1.807, 2.05) is 0 Å². The second kappa shape index (κ2) is 4.29. The van der Waals surface area contributed by atoms with Crippen LogP contribution in [0.5, 0.6) is 5.75 Å². The van der Waals surface area contributed by atoms with Gasteiger partial charge < -0.3 is 14.5 Å². The Balaban J connectivity index is 2.88. The monoisotopic (exact) mass is 233 g/mol. The predicted molar refractivity (Wildman–Crippen MR) is 62.5 cm³/mol. The van der Waals surface area contributed by atoms with Gasteiger partial charge in [0, 0.05) is 5.39 Å². The lowest BCUT2D eigenvalue weighted by Gasteiger charge is -2.09. The molecule has 0 saturated heterocycles. The van der Waals surface area contributed by atoms with Gasteiger partial charge in [-0.25, -0.2) is 4.79 Å². The van der Waals surface area contributed by atoms with Gasteiger partial charge in [-0.05, 0) is 12.1 Å². The van der Waals surface area contributed by atoms with Crippen LogP contribution in [0, 0.1) is 0 Å². The zero-order valence-electron chi connectivity index (χ0n) is 9.44. The van der Waals surface area contributed by atoms with Crippen LogP contribution in [0.15, 0.2) is 29.1 Å². The van der Waals surface area contributed by atoms with E-state index in [2.05, 4.69) is 9.72 Å². The molecule has 5 nitrogen and oxygen atoms in total. The Morgan fingerprint density at radius 1 is 1.24 bits per heavy atom. The Kier molecular flexibility index (Phi) is 2.82. The zero-order chi connectivity index (χ0) is 12.4. The Morgan fingerprint density at radius 3 is 2.59 bits per heavy atom. The molecule has 0 atom stereocenters. The lowest BCUT2D eigenvalue weighted by Crippen LogP contribution is -2.20. The number of para-hydroxylation sites is 1. The minimum atomic E-state index is -0.714. The second-order valence-corrected chi connectivity index (χ2v) is 3.40. The molecule has 0 fully saturated rings. The van der Waals surface area contributed by atoms with E-state index < -0.39 is 11.5 Å². The number of ether oxygens (including phenoxy) is 2. The highest BCUT2D eigenvalue weighted by molar-refractivity contribution is 5.99. The molecule has 0 aliphatic rings. The van der Waals surface area contributed by atoms with Crippen LogP contribution in [0.25, 0.3) is 10.9 Å². The summed E-state index contributed by atoms with van der Waals surface area (Å²) in [4.78, 5) is 25.9. The molecule has 5 heteroatoms. The topological polar surface area (TPSA) is 68.4 Å². The number of hydrogen-bond donors (Lipinski definition) is 1. The number of carbonyl (C=O) groups excluding carboxylic acids is 1. The summed E-state index contributed by atoms with van der Waals surface area (Å²) in [6.45, 7) is 0. The Labute approximate surface area is 97.0 Å². The number of hydrogen-bond acceptors (Lipinski definition) is 4. The summed E-state index contributed by atoms with van der Waals surface area (Å²) in [5, 5.41) is 0.662. The number of aromatic amines is 1. The lowest BCUT2D eigenvalue weighted by atomic mass is 10.1. The molecule has 0 radical (unpaired) electrons. The molecule has 0 amide bonds. The van der Waals surface area contributed by atoms with Crippen LogP contribution in [0.2, 0.25) is 0 Å². The highest BCUT2D eigenvalue weighted by atomic mass is 16.5. The third kappa shape index (κ3) is 1.75. The van der Waals surface area contributed by atoms with Crippen LogP contribution in [0.3, 0.4) is 0 Å². The quantitative estimate of drug-likeness (QED) is 0.794. The first kappa shape index (κ1) is 11.2. The predicted octanol–water partition coefficient (Wildman–Crippen LogP) is 1.32. The average molecular weight is 233 g/mol. The van der Waals surface area contributed by atoms with E-state index in [4.69, 9.17) is 4.74 Å². The maximum atomic E-state index is 11.8. The molecule has 2 aromatic rings. The molecule has 0 aliphatic carbocycles. The van der Waals surface area contributed by atoms with Crippen molar-refractivity contribution in [2.24, 2.45) is 0 Å². The van der Waals surface area contributed by atoms with Crippen LogP contribution in [0.4, 0.5) is 0 Å². The van der Waals surface area contributed by atoms with Crippen molar-refractivity contribution in [3.05, 3.63) is 40.2 Å². The third-order valence-corrected chi connectivity index (χ3v) is 2.47. The van der Waals surface area contributed by atoms with Crippen molar-refractivity contribution in [3.8, 4) is 5.75 Å². The maximum absolute atomic E-state index is 11.8. The number of nitrogens with one attached hydrogen (secondary N) is 1. The molecule has 0 unspecified atom stereocenters. The smallest absolute Gasteiger partial charge is 0.347 e. The molecule has 2 rings (SSSR count). The van der Waals surface area contributed by atoms with E-state index in [1.165, 1.54) is 14.2 Å². The fourth-order valence-corrected chi connectivity index (χ4v) is 1.71. The summed E-state index contributed by atoms with van der Waals surface area (Å²) in [6.07, 6.45) is 0. The molecule has 0 bridgehead atoms. The Morgan fingerprint density at radius 2 is 1.94 bits per heavy atom. The number of benzene rings is 1.